The predicted octanol–water partition coefficient (Wildman–Crippen LogP) is 2.33. The lowest BCUT2D eigenvalue weighted by Gasteiger charge is -2.11. The Bertz CT molecular complexity index is 471. The average molecular weight is 228 g/mol. The molecule has 0 amide bonds. The smallest absolute Gasteiger partial charge is 0.119 e. The van der Waals surface area contributed by atoms with Crippen LogP contribution in [0.3, 0.4) is 0 Å². The van der Waals surface area contributed by atoms with Gasteiger partial charge in [-0.3, -0.25) is 4.98 Å². The van der Waals surface area contributed by atoms with Gasteiger partial charge in [-0.25, -0.2) is 0 Å². The number of hydrogen-bond acceptors (Lipinski definition) is 3. The van der Waals surface area contributed by atoms with Crippen LogP contribution in [0.2, 0.25) is 0 Å². The minimum Gasteiger partial charge on any atom is -0.497 e. The highest BCUT2D eigenvalue weighted by molar-refractivity contribution is 5.29. The van der Waals surface area contributed by atoms with Gasteiger partial charge in [0.1, 0.15) is 5.75 Å². The molecule has 0 saturated heterocycles. The van der Waals surface area contributed by atoms with Gasteiger partial charge >= 0.3 is 0 Å². The normalized spacial score (nSPS) is 12.1. The van der Waals surface area contributed by atoms with Crippen LogP contribution in [-0.4, -0.2) is 12.1 Å². The maximum Gasteiger partial charge on any atom is 0.119 e. The summed E-state index contributed by atoms with van der Waals surface area (Å²) in [6.07, 6.45) is 2.52. The molecule has 0 bridgehead atoms. The fraction of sp³-hybridized carbons (Fsp3) is 0.214. The molecule has 2 N–H and O–H groups in total. The van der Waals surface area contributed by atoms with Crippen molar-refractivity contribution in [3.05, 3.63) is 59.9 Å². The third kappa shape index (κ3) is 3.04. The van der Waals surface area contributed by atoms with E-state index in [1.165, 1.54) is 0 Å². The standard InChI is InChI=1S/C14H16N2O/c1-17-12-6-4-5-11(9-12)10-13(15)14-7-2-3-8-16-14/h2-9,13H,10,15H2,1H3/t13-/m0/s1. The number of aromatic nitrogens is 1. The third-order valence-electron chi connectivity index (χ3n) is 2.66. The van der Waals surface area contributed by atoms with Crippen LogP contribution in [-0.2, 0) is 6.42 Å². The van der Waals surface area contributed by atoms with Crippen molar-refractivity contribution in [2.75, 3.05) is 7.11 Å². The molecule has 0 fully saturated rings. The molecule has 0 unspecified atom stereocenters. The van der Waals surface area contributed by atoms with Crippen LogP contribution in [0.1, 0.15) is 17.3 Å². The average Bonchev–Trinajstić information content (AvgIpc) is 2.40. The molecular weight excluding hydrogens is 212 g/mol. The van der Waals surface area contributed by atoms with Crippen molar-refractivity contribution in [2.45, 2.75) is 12.5 Å². The molecule has 1 atom stereocenters. The van der Waals surface area contributed by atoms with Gasteiger partial charge in [0.05, 0.1) is 18.8 Å². The zero-order chi connectivity index (χ0) is 12.1. The second-order valence-electron chi connectivity index (χ2n) is 3.92. The van der Waals surface area contributed by atoms with Crippen molar-refractivity contribution in [1.29, 1.82) is 0 Å². The third-order valence-corrected chi connectivity index (χ3v) is 2.66. The summed E-state index contributed by atoms with van der Waals surface area (Å²) in [5, 5.41) is 0. The van der Waals surface area contributed by atoms with Gasteiger partial charge in [-0.05, 0) is 36.2 Å². The first-order chi connectivity index (χ1) is 8.29. The summed E-state index contributed by atoms with van der Waals surface area (Å²) >= 11 is 0. The minimum atomic E-state index is -0.0803. The molecule has 2 rings (SSSR count). The minimum absolute atomic E-state index is 0.0803. The SMILES string of the molecule is COc1cccc(C[C@H](N)c2ccccn2)c1. The summed E-state index contributed by atoms with van der Waals surface area (Å²) in [5.74, 6) is 0.857. The lowest BCUT2D eigenvalue weighted by atomic mass is 10.0. The fourth-order valence-corrected chi connectivity index (χ4v) is 1.75. The molecule has 1 aromatic heterocycles. The Morgan fingerprint density at radius 3 is 2.82 bits per heavy atom. The molecule has 2 aromatic rings. The van der Waals surface area contributed by atoms with E-state index in [2.05, 4.69) is 4.98 Å². The van der Waals surface area contributed by atoms with Gasteiger partial charge in [0.15, 0.2) is 0 Å². The van der Waals surface area contributed by atoms with E-state index in [-0.39, 0.29) is 6.04 Å². The molecule has 1 heterocycles. The van der Waals surface area contributed by atoms with Crippen LogP contribution in [0.25, 0.3) is 0 Å². The number of nitrogens with zero attached hydrogens (tertiary/aromatic N) is 1. The Balaban J connectivity index is 2.10. The summed E-state index contributed by atoms with van der Waals surface area (Å²) in [6, 6.07) is 13.7. The van der Waals surface area contributed by atoms with Crippen molar-refractivity contribution >= 4 is 0 Å². The van der Waals surface area contributed by atoms with Crippen LogP contribution in [0, 0.1) is 0 Å². The van der Waals surface area contributed by atoms with Crippen molar-refractivity contribution in [1.82, 2.24) is 4.98 Å². The topological polar surface area (TPSA) is 48.1 Å². The quantitative estimate of drug-likeness (QED) is 0.873. The van der Waals surface area contributed by atoms with E-state index in [0.29, 0.717) is 0 Å². The summed E-state index contributed by atoms with van der Waals surface area (Å²) in [5.41, 5.74) is 8.18. The van der Waals surface area contributed by atoms with E-state index in [1.54, 1.807) is 13.3 Å². The molecule has 0 aliphatic rings. The van der Waals surface area contributed by atoms with Crippen molar-refractivity contribution in [2.24, 2.45) is 5.73 Å². The van der Waals surface area contributed by atoms with Crippen molar-refractivity contribution in [3.63, 3.8) is 0 Å². The number of benzene rings is 1. The Kier molecular flexibility index (Phi) is 3.73. The van der Waals surface area contributed by atoms with Gasteiger partial charge in [0.25, 0.3) is 0 Å². The monoisotopic (exact) mass is 228 g/mol. The lowest BCUT2D eigenvalue weighted by molar-refractivity contribution is 0.414. The first kappa shape index (κ1) is 11.6. The zero-order valence-corrected chi connectivity index (χ0v) is 9.84. The van der Waals surface area contributed by atoms with Gasteiger partial charge in [0, 0.05) is 6.20 Å². The number of hydrogen-bond donors (Lipinski definition) is 1. The maximum atomic E-state index is 6.12. The number of ether oxygens (including phenoxy) is 1. The molecule has 1 aromatic carbocycles. The molecule has 0 spiro atoms. The number of methoxy groups -OCH3 is 1. The second kappa shape index (κ2) is 5.46. The molecule has 0 saturated carbocycles. The Morgan fingerprint density at radius 2 is 2.12 bits per heavy atom. The Labute approximate surface area is 101 Å². The highest BCUT2D eigenvalue weighted by atomic mass is 16.5. The van der Waals surface area contributed by atoms with E-state index in [4.69, 9.17) is 10.5 Å². The molecule has 3 nitrogen and oxygen atoms in total. The predicted molar refractivity (Wildman–Crippen MR) is 67.9 cm³/mol. The van der Waals surface area contributed by atoms with Crippen molar-refractivity contribution < 1.29 is 4.74 Å². The van der Waals surface area contributed by atoms with Gasteiger partial charge in [0.2, 0.25) is 0 Å². The van der Waals surface area contributed by atoms with Crippen LogP contribution < -0.4 is 10.5 Å². The number of pyridine rings is 1. The largest absolute Gasteiger partial charge is 0.497 e. The summed E-state index contributed by atoms with van der Waals surface area (Å²) in [7, 11) is 1.66. The molecule has 88 valence electrons. The molecule has 3 heteroatoms. The van der Waals surface area contributed by atoms with E-state index < -0.39 is 0 Å². The first-order valence-corrected chi connectivity index (χ1v) is 5.59. The summed E-state index contributed by atoms with van der Waals surface area (Å²) < 4.78 is 5.19. The van der Waals surface area contributed by atoms with Crippen LogP contribution >= 0.6 is 0 Å². The number of rotatable bonds is 4. The maximum absolute atomic E-state index is 6.12. The highest BCUT2D eigenvalue weighted by Crippen LogP contribution is 2.18. The van der Waals surface area contributed by atoms with Gasteiger partial charge in [-0.1, -0.05) is 18.2 Å². The Morgan fingerprint density at radius 1 is 1.24 bits per heavy atom. The highest BCUT2D eigenvalue weighted by Gasteiger charge is 2.08. The van der Waals surface area contributed by atoms with Crippen LogP contribution in [0.4, 0.5) is 0 Å². The van der Waals surface area contributed by atoms with E-state index in [9.17, 15) is 0 Å². The summed E-state index contributed by atoms with van der Waals surface area (Å²) in [6.45, 7) is 0. The van der Waals surface area contributed by atoms with Gasteiger partial charge in [-0.15, -0.1) is 0 Å². The molecule has 0 radical (unpaired) electrons. The van der Waals surface area contributed by atoms with Gasteiger partial charge < -0.3 is 10.5 Å². The van der Waals surface area contributed by atoms with Crippen molar-refractivity contribution in [3.8, 4) is 5.75 Å². The summed E-state index contributed by atoms with van der Waals surface area (Å²) in [4.78, 5) is 4.26. The number of nitrogens with two attached hydrogens (primary N) is 1. The first-order valence-electron chi connectivity index (χ1n) is 5.59. The second-order valence-corrected chi connectivity index (χ2v) is 3.92. The molecule has 0 aliphatic heterocycles. The molecule has 0 aliphatic carbocycles. The zero-order valence-electron chi connectivity index (χ0n) is 9.84. The van der Waals surface area contributed by atoms with E-state index in [1.807, 2.05) is 42.5 Å². The van der Waals surface area contributed by atoms with Crippen LogP contribution in [0.15, 0.2) is 48.7 Å². The van der Waals surface area contributed by atoms with Crippen LogP contribution in [0.5, 0.6) is 5.75 Å². The van der Waals surface area contributed by atoms with Gasteiger partial charge in [-0.2, -0.15) is 0 Å². The van der Waals surface area contributed by atoms with E-state index in [0.717, 1.165) is 23.4 Å². The van der Waals surface area contributed by atoms with E-state index >= 15 is 0 Å². The fourth-order valence-electron chi connectivity index (χ4n) is 1.75. The molecule has 17 heavy (non-hydrogen) atoms. The Hall–Kier alpha value is -1.87. The lowest BCUT2D eigenvalue weighted by Crippen LogP contribution is -2.14. The molecular formula is C14H16N2O.